The van der Waals surface area contributed by atoms with Gasteiger partial charge in [-0.1, -0.05) is 12.1 Å². The quantitative estimate of drug-likeness (QED) is 0.803. The van der Waals surface area contributed by atoms with Crippen molar-refractivity contribution >= 4 is 29.1 Å². The predicted molar refractivity (Wildman–Crippen MR) is 97.0 cm³/mol. The average molecular weight is 366 g/mol. The molecular weight excluding hydrogens is 342 g/mol. The molecule has 3 heterocycles. The number of aliphatic hydroxyl groups is 1. The van der Waals surface area contributed by atoms with Gasteiger partial charge in [-0.25, -0.2) is 4.79 Å². The topological polar surface area (TPSA) is 58.6 Å². The molecule has 1 aromatic rings. The number of thioether (sulfide) groups is 1. The van der Waals surface area contributed by atoms with Crippen LogP contribution in [0.5, 0.6) is 0 Å². The molecule has 130 valence electrons. The Kier molecular flexibility index (Phi) is 4.49. The molecule has 0 radical (unpaired) electrons. The summed E-state index contributed by atoms with van der Waals surface area (Å²) in [5.74, 6) is 0.412. The molecule has 4 nitrogen and oxygen atoms in total. The van der Waals surface area contributed by atoms with Crippen molar-refractivity contribution in [1.82, 2.24) is 5.32 Å². The third-order valence-electron chi connectivity index (χ3n) is 5.49. The van der Waals surface area contributed by atoms with E-state index >= 15 is 0 Å². The molecular formula is C18H23NO3S2. The molecule has 1 aromatic heterocycles. The molecule has 1 atom stereocenters. The van der Waals surface area contributed by atoms with Crippen LogP contribution in [0.1, 0.15) is 37.0 Å². The molecule has 0 bridgehead atoms. The van der Waals surface area contributed by atoms with Gasteiger partial charge in [-0.2, -0.15) is 0 Å². The fourth-order valence-corrected chi connectivity index (χ4v) is 6.05. The summed E-state index contributed by atoms with van der Waals surface area (Å²) in [4.78, 5) is 14.3. The number of thiophene rings is 1. The molecule has 1 saturated carbocycles. The van der Waals surface area contributed by atoms with Gasteiger partial charge in [-0.3, -0.25) is 0 Å². The van der Waals surface area contributed by atoms with E-state index in [4.69, 9.17) is 4.74 Å². The first-order chi connectivity index (χ1) is 11.6. The first kappa shape index (κ1) is 16.6. The van der Waals surface area contributed by atoms with Gasteiger partial charge in [0, 0.05) is 10.7 Å². The largest absolute Gasteiger partial charge is 0.460 e. The summed E-state index contributed by atoms with van der Waals surface area (Å²) in [5.41, 5.74) is -1.26. The van der Waals surface area contributed by atoms with Gasteiger partial charge >= 0.3 is 5.97 Å². The fraction of sp³-hybridized carbons (Fsp3) is 0.611. The van der Waals surface area contributed by atoms with Gasteiger partial charge in [0.05, 0.1) is 4.88 Å². The molecule has 2 N–H and O–H groups in total. The van der Waals surface area contributed by atoms with Crippen LogP contribution >= 0.6 is 23.1 Å². The molecule has 0 amide bonds. The number of ether oxygens (including phenoxy) is 1. The molecule has 1 saturated heterocycles. The van der Waals surface area contributed by atoms with Crippen LogP contribution in [0.15, 0.2) is 28.5 Å². The molecule has 1 aliphatic carbocycles. The zero-order valence-corrected chi connectivity index (χ0v) is 15.3. The van der Waals surface area contributed by atoms with Crippen molar-refractivity contribution in [1.29, 1.82) is 0 Å². The number of hydrogen-bond donors (Lipinski definition) is 2. The highest BCUT2D eigenvalue weighted by Gasteiger charge is 2.51. The maximum atomic E-state index is 12.9. The van der Waals surface area contributed by atoms with Crippen molar-refractivity contribution in [2.24, 2.45) is 5.41 Å². The molecule has 1 unspecified atom stereocenters. The number of carbonyl (C=O) groups is 1. The van der Waals surface area contributed by atoms with E-state index in [0.717, 1.165) is 55.9 Å². The maximum Gasteiger partial charge on any atom is 0.349 e. The Morgan fingerprint density at radius 1 is 1.38 bits per heavy atom. The second-order valence-electron chi connectivity index (χ2n) is 7.08. The summed E-state index contributed by atoms with van der Waals surface area (Å²) in [5, 5.41) is 16.5. The highest BCUT2D eigenvalue weighted by molar-refractivity contribution is 8.03. The van der Waals surface area contributed by atoms with Gasteiger partial charge in [0.25, 0.3) is 0 Å². The van der Waals surface area contributed by atoms with E-state index in [2.05, 4.69) is 5.32 Å². The summed E-state index contributed by atoms with van der Waals surface area (Å²) in [6.45, 7) is 2.12. The van der Waals surface area contributed by atoms with Gasteiger partial charge in [0.2, 0.25) is 5.60 Å². The molecule has 6 heteroatoms. The van der Waals surface area contributed by atoms with E-state index in [0.29, 0.717) is 10.3 Å². The zero-order chi connectivity index (χ0) is 16.6. The van der Waals surface area contributed by atoms with E-state index in [1.807, 2.05) is 23.6 Å². The Labute approximate surface area is 150 Å². The molecule has 24 heavy (non-hydrogen) atoms. The molecule has 1 spiro atoms. The summed E-state index contributed by atoms with van der Waals surface area (Å²) in [6.07, 6.45) is 7.02. The van der Waals surface area contributed by atoms with Crippen LogP contribution in [-0.2, 0) is 15.1 Å². The van der Waals surface area contributed by atoms with Gasteiger partial charge in [-0.15, -0.1) is 23.1 Å². The van der Waals surface area contributed by atoms with Crippen molar-refractivity contribution in [2.45, 2.75) is 43.8 Å². The lowest BCUT2D eigenvalue weighted by Crippen LogP contribution is -2.51. The summed E-state index contributed by atoms with van der Waals surface area (Å²) < 4.78 is 5.76. The Balaban J connectivity index is 1.47. The maximum absolute atomic E-state index is 12.9. The van der Waals surface area contributed by atoms with E-state index in [1.165, 1.54) is 11.3 Å². The van der Waals surface area contributed by atoms with E-state index in [9.17, 15) is 9.90 Å². The molecule has 0 aromatic carbocycles. The van der Waals surface area contributed by atoms with E-state index < -0.39 is 11.6 Å². The second-order valence-corrected chi connectivity index (χ2v) is 9.16. The van der Waals surface area contributed by atoms with Crippen LogP contribution in [-0.4, -0.2) is 36.0 Å². The minimum atomic E-state index is -1.62. The van der Waals surface area contributed by atoms with Crippen LogP contribution in [0, 0.1) is 5.41 Å². The number of hydrogen-bond acceptors (Lipinski definition) is 6. The Morgan fingerprint density at radius 2 is 2.17 bits per heavy atom. The normalized spacial score (nSPS) is 25.8. The first-order valence-corrected chi connectivity index (χ1v) is 10.5. The molecule has 2 fully saturated rings. The lowest BCUT2D eigenvalue weighted by atomic mass is 9.61. The minimum Gasteiger partial charge on any atom is -0.460 e. The number of piperidine rings is 1. The number of allylic oxidation sites excluding steroid dienone is 1. The average Bonchev–Trinajstić information content (AvgIpc) is 3.27. The van der Waals surface area contributed by atoms with Gasteiger partial charge in [0.15, 0.2) is 0 Å². The highest BCUT2D eigenvalue weighted by Crippen LogP contribution is 2.50. The van der Waals surface area contributed by atoms with Crippen molar-refractivity contribution in [3.05, 3.63) is 33.4 Å². The third kappa shape index (κ3) is 2.83. The first-order valence-electron chi connectivity index (χ1n) is 8.64. The lowest BCUT2D eigenvalue weighted by Gasteiger charge is -2.50. The van der Waals surface area contributed by atoms with E-state index in [1.54, 1.807) is 11.8 Å². The van der Waals surface area contributed by atoms with Crippen LogP contribution in [0.25, 0.3) is 0 Å². The molecule has 2 aliphatic heterocycles. The van der Waals surface area contributed by atoms with Crippen LogP contribution in [0.2, 0.25) is 0 Å². The van der Waals surface area contributed by atoms with Crippen LogP contribution < -0.4 is 5.32 Å². The number of rotatable bonds is 4. The molecule has 3 aliphatic rings. The Hall–Kier alpha value is -0.820. The van der Waals surface area contributed by atoms with Crippen molar-refractivity contribution in [3.8, 4) is 0 Å². The van der Waals surface area contributed by atoms with Crippen LogP contribution in [0.4, 0.5) is 0 Å². The SMILES string of the molecule is O=C(OC1CC2(CCNCC2)C1)C(O)(C1=CCCS1)c1cccs1. The van der Waals surface area contributed by atoms with Crippen LogP contribution in [0.3, 0.4) is 0 Å². The van der Waals surface area contributed by atoms with Gasteiger partial charge < -0.3 is 15.2 Å². The molecule has 4 rings (SSSR count). The number of nitrogens with one attached hydrogen (secondary N) is 1. The predicted octanol–water partition coefficient (Wildman–Crippen LogP) is 3.03. The van der Waals surface area contributed by atoms with Gasteiger partial charge in [0.1, 0.15) is 6.10 Å². The third-order valence-corrected chi connectivity index (χ3v) is 7.69. The van der Waals surface area contributed by atoms with E-state index in [-0.39, 0.29) is 6.10 Å². The Morgan fingerprint density at radius 3 is 2.79 bits per heavy atom. The lowest BCUT2D eigenvalue weighted by molar-refractivity contribution is -0.180. The smallest absolute Gasteiger partial charge is 0.349 e. The fourth-order valence-electron chi connectivity index (χ4n) is 4.07. The minimum absolute atomic E-state index is 0.0471. The zero-order valence-electron chi connectivity index (χ0n) is 13.6. The monoisotopic (exact) mass is 365 g/mol. The number of esters is 1. The van der Waals surface area contributed by atoms with Crippen molar-refractivity contribution in [3.63, 3.8) is 0 Å². The van der Waals surface area contributed by atoms with Crippen molar-refractivity contribution in [2.75, 3.05) is 18.8 Å². The highest BCUT2D eigenvalue weighted by atomic mass is 32.2. The number of carbonyl (C=O) groups excluding carboxylic acids is 1. The standard InChI is InChI=1S/C18H23NO3S2/c20-16(22-13-11-17(12-13)5-7-19-8-6-17)18(21,14-3-1-9-23-14)15-4-2-10-24-15/h1,3-4,9,13,19,21H,2,5-8,10-12H2. The summed E-state index contributed by atoms with van der Waals surface area (Å²) in [6, 6.07) is 3.69. The van der Waals surface area contributed by atoms with Crippen molar-refractivity contribution < 1.29 is 14.6 Å². The summed E-state index contributed by atoms with van der Waals surface area (Å²) >= 11 is 2.96. The summed E-state index contributed by atoms with van der Waals surface area (Å²) in [7, 11) is 0. The second kappa shape index (κ2) is 6.48. The Bertz CT molecular complexity index is 629. The van der Waals surface area contributed by atoms with Gasteiger partial charge in [-0.05, 0) is 62.1 Å².